The first-order valence-electron chi connectivity index (χ1n) is 14.1. The maximum Gasteiger partial charge on any atom is 0.267 e. The number of thiocarbonyl (C=S) groups is 1. The summed E-state index contributed by atoms with van der Waals surface area (Å²) in [5, 5.41) is 0. The number of fused-ring (bicyclic) bond motifs is 1. The number of pyridine rings is 1. The number of aryl methyl sites for hydroxylation is 1. The van der Waals surface area contributed by atoms with Crippen LogP contribution in [0.3, 0.4) is 0 Å². The summed E-state index contributed by atoms with van der Waals surface area (Å²) in [5.41, 5.74) is 1.80. The highest BCUT2D eigenvalue weighted by molar-refractivity contribution is 8.26. The van der Waals surface area contributed by atoms with Crippen LogP contribution in [0.4, 0.5) is 5.82 Å². The second kappa shape index (κ2) is 14.2. The van der Waals surface area contributed by atoms with Crippen molar-refractivity contribution in [2.75, 3.05) is 37.7 Å². The molecular weight excluding hydrogens is 516 g/mol. The number of unbranched alkanes of at least 4 members (excludes halogenated alkanes) is 9. The van der Waals surface area contributed by atoms with Gasteiger partial charge < -0.3 is 9.64 Å². The van der Waals surface area contributed by atoms with Crippen molar-refractivity contribution in [3.63, 3.8) is 0 Å². The van der Waals surface area contributed by atoms with Crippen molar-refractivity contribution in [1.82, 2.24) is 14.3 Å². The molecule has 0 N–H and O–H groups in total. The average molecular weight is 557 g/mol. The molecule has 4 heterocycles. The van der Waals surface area contributed by atoms with Crippen LogP contribution >= 0.6 is 24.0 Å². The molecule has 0 aromatic carbocycles. The van der Waals surface area contributed by atoms with E-state index in [0.29, 0.717) is 59.1 Å². The van der Waals surface area contributed by atoms with E-state index in [-0.39, 0.29) is 11.5 Å². The molecule has 38 heavy (non-hydrogen) atoms. The fraction of sp³-hybridized carbons (Fsp3) is 0.586. The fourth-order valence-corrected chi connectivity index (χ4v) is 6.26. The van der Waals surface area contributed by atoms with Crippen LogP contribution < -0.4 is 10.5 Å². The molecule has 9 heteroatoms. The number of carbonyl (C=O) groups is 1. The predicted molar refractivity (Wildman–Crippen MR) is 161 cm³/mol. The largest absolute Gasteiger partial charge is 0.378 e. The van der Waals surface area contributed by atoms with E-state index in [4.69, 9.17) is 21.9 Å². The normalized spacial score (nSPS) is 17.4. The first-order chi connectivity index (χ1) is 18.5. The molecule has 0 spiro atoms. The highest BCUT2D eigenvalue weighted by Crippen LogP contribution is 2.34. The van der Waals surface area contributed by atoms with Gasteiger partial charge in [-0.15, -0.1) is 0 Å². The number of hydrogen-bond donors (Lipinski definition) is 0. The van der Waals surface area contributed by atoms with E-state index >= 15 is 0 Å². The molecule has 4 rings (SSSR count). The standard InChI is InChI=1S/C29H40N4O3S2/c1-3-4-5-6-7-8-9-10-11-12-15-32-28(35)24(38-29(32)37)20-23-26(31-16-18-36-19-17-31)30-25-14-13-22(2)21-33(25)27(23)34/h13-14,20-21H,3-12,15-19H2,1-2H3. The molecule has 0 bridgehead atoms. The van der Waals surface area contributed by atoms with E-state index in [1.54, 1.807) is 21.6 Å². The molecule has 2 aliphatic heterocycles. The molecule has 0 saturated carbocycles. The van der Waals surface area contributed by atoms with Crippen LogP contribution in [0.25, 0.3) is 11.7 Å². The molecule has 2 aromatic rings. The van der Waals surface area contributed by atoms with Gasteiger partial charge in [-0.1, -0.05) is 94.8 Å². The van der Waals surface area contributed by atoms with E-state index in [9.17, 15) is 9.59 Å². The Balaban J connectivity index is 1.43. The van der Waals surface area contributed by atoms with Gasteiger partial charge in [-0.3, -0.25) is 18.9 Å². The number of ether oxygens (including phenoxy) is 1. The molecule has 2 saturated heterocycles. The summed E-state index contributed by atoms with van der Waals surface area (Å²) in [7, 11) is 0. The lowest BCUT2D eigenvalue weighted by Crippen LogP contribution is -2.38. The van der Waals surface area contributed by atoms with E-state index in [0.717, 1.165) is 18.4 Å². The highest BCUT2D eigenvalue weighted by atomic mass is 32.2. The van der Waals surface area contributed by atoms with Gasteiger partial charge in [0.2, 0.25) is 0 Å². The first kappa shape index (κ1) is 28.8. The minimum atomic E-state index is -0.180. The molecule has 0 radical (unpaired) electrons. The molecule has 7 nitrogen and oxygen atoms in total. The maximum absolute atomic E-state index is 13.6. The van der Waals surface area contributed by atoms with Gasteiger partial charge in [0.1, 0.15) is 15.8 Å². The zero-order chi connectivity index (χ0) is 26.9. The van der Waals surface area contributed by atoms with E-state index in [1.165, 1.54) is 63.1 Å². The maximum atomic E-state index is 13.6. The molecule has 0 atom stereocenters. The number of thioether (sulfide) groups is 1. The van der Waals surface area contributed by atoms with Crippen LogP contribution in [0.1, 0.15) is 82.3 Å². The third kappa shape index (κ3) is 7.24. The first-order valence-corrected chi connectivity index (χ1v) is 15.3. The van der Waals surface area contributed by atoms with Gasteiger partial charge in [0.25, 0.3) is 11.5 Å². The Labute approximate surface area is 235 Å². The number of carbonyl (C=O) groups excluding carboxylic acids is 1. The summed E-state index contributed by atoms with van der Waals surface area (Å²) >= 11 is 6.85. The van der Waals surface area contributed by atoms with Gasteiger partial charge in [-0.2, -0.15) is 0 Å². The minimum absolute atomic E-state index is 0.113. The lowest BCUT2D eigenvalue weighted by atomic mass is 10.1. The van der Waals surface area contributed by atoms with Crippen molar-refractivity contribution in [3.05, 3.63) is 44.7 Å². The molecule has 1 amide bonds. The zero-order valence-electron chi connectivity index (χ0n) is 22.7. The third-order valence-corrected chi connectivity index (χ3v) is 8.56. The van der Waals surface area contributed by atoms with Crippen LogP contribution in [0.15, 0.2) is 28.0 Å². The van der Waals surface area contributed by atoms with Crippen molar-refractivity contribution in [1.29, 1.82) is 0 Å². The molecule has 0 aliphatic carbocycles. The molecule has 206 valence electrons. The van der Waals surface area contributed by atoms with Crippen LogP contribution in [0, 0.1) is 6.92 Å². The van der Waals surface area contributed by atoms with Gasteiger partial charge >= 0.3 is 0 Å². The summed E-state index contributed by atoms with van der Waals surface area (Å²) in [4.78, 5) is 36.0. The van der Waals surface area contributed by atoms with Crippen molar-refractivity contribution >= 4 is 51.7 Å². The summed E-state index contributed by atoms with van der Waals surface area (Å²) in [5.74, 6) is 0.486. The molecular formula is C29H40N4O3S2. The quantitative estimate of drug-likeness (QED) is 0.171. The predicted octanol–water partition coefficient (Wildman–Crippen LogP) is 5.96. The molecule has 0 unspecified atom stereocenters. The topological polar surface area (TPSA) is 67.2 Å². The molecule has 2 aromatic heterocycles. The lowest BCUT2D eigenvalue weighted by molar-refractivity contribution is -0.122. The minimum Gasteiger partial charge on any atom is -0.378 e. The van der Waals surface area contributed by atoms with Gasteiger partial charge in [0, 0.05) is 25.8 Å². The SMILES string of the molecule is CCCCCCCCCCCCN1C(=O)C(=Cc2c(N3CCOCC3)nc3ccc(C)cn3c2=O)SC1=S. The summed E-state index contributed by atoms with van der Waals surface area (Å²) in [6.07, 6.45) is 15.9. The number of aromatic nitrogens is 2. The lowest BCUT2D eigenvalue weighted by Gasteiger charge is -2.29. The Morgan fingerprint density at radius 1 is 1.00 bits per heavy atom. The van der Waals surface area contributed by atoms with Crippen LogP contribution in [-0.2, 0) is 9.53 Å². The van der Waals surface area contributed by atoms with Gasteiger partial charge in [0.15, 0.2) is 0 Å². The van der Waals surface area contributed by atoms with Crippen molar-refractivity contribution in [3.8, 4) is 0 Å². The number of amides is 1. The van der Waals surface area contributed by atoms with Gasteiger partial charge in [0.05, 0.1) is 23.7 Å². The highest BCUT2D eigenvalue weighted by Gasteiger charge is 2.32. The Bertz CT molecular complexity index is 1220. The smallest absolute Gasteiger partial charge is 0.267 e. The Morgan fingerprint density at radius 3 is 2.34 bits per heavy atom. The van der Waals surface area contributed by atoms with E-state index in [2.05, 4.69) is 11.8 Å². The van der Waals surface area contributed by atoms with Crippen molar-refractivity contribution < 1.29 is 9.53 Å². The third-order valence-electron chi connectivity index (χ3n) is 7.18. The number of rotatable bonds is 13. The van der Waals surface area contributed by atoms with Crippen molar-refractivity contribution in [2.45, 2.75) is 78.1 Å². The Morgan fingerprint density at radius 2 is 1.66 bits per heavy atom. The number of anilines is 1. The van der Waals surface area contributed by atoms with Crippen molar-refractivity contribution in [2.24, 2.45) is 0 Å². The van der Waals surface area contributed by atoms with E-state index < -0.39 is 0 Å². The Hall–Kier alpha value is -2.23. The summed E-state index contributed by atoms with van der Waals surface area (Å²) in [6, 6.07) is 3.81. The second-order valence-electron chi connectivity index (χ2n) is 10.2. The van der Waals surface area contributed by atoms with Gasteiger partial charge in [-0.25, -0.2) is 4.98 Å². The monoisotopic (exact) mass is 556 g/mol. The summed E-state index contributed by atoms with van der Waals surface area (Å²) in [6.45, 7) is 7.27. The number of nitrogens with zero attached hydrogens (tertiary/aromatic N) is 4. The zero-order valence-corrected chi connectivity index (χ0v) is 24.4. The van der Waals surface area contributed by atoms with Crippen LogP contribution in [0.5, 0.6) is 0 Å². The molecule has 2 fully saturated rings. The van der Waals surface area contributed by atoms with Crippen LogP contribution in [0.2, 0.25) is 0 Å². The average Bonchev–Trinajstić information content (AvgIpc) is 3.19. The van der Waals surface area contributed by atoms with Gasteiger partial charge in [-0.05, 0) is 31.1 Å². The fourth-order valence-electron chi connectivity index (χ4n) is 4.97. The summed E-state index contributed by atoms with van der Waals surface area (Å²) < 4.78 is 7.64. The second-order valence-corrected chi connectivity index (χ2v) is 11.9. The molecule has 2 aliphatic rings. The number of hydrogen-bond acceptors (Lipinski definition) is 7. The van der Waals surface area contributed by atoms with Crippen LogP contribution in [-0.4, -0.2) is 57.4 Å². The van der Waals surface area contributed by atoms with E-state index in [1.807, 2.05) is 19.1 Å². The number of morpholine rings is 1. The Kier molecular flexibility index (Phi) is 10.8.